The van der Waals surface area contributed by atoms with Gasteiger partial charge in [-0.1, -0.05) is 6.07 Å². The van der Waals surface area contributed by atoms with Crippen molar-refractivity contribution in [1.29, 1.82) is 0 Å². The molecule has 1 amide bonds. The van der Waals surface area contributed by atoms with E-state index in [1.54, 1.807) is 7.11 Å². The number of ether oxygens (including phenoxy) is 1. The standard InChI is InChI=1S/C22H25N5O2/c1-4-27(5-2)18-11-9-16(10-12-18)26-22(28)20-14-24-21(15-23-20)25-17-7-6-8-19(13-17)29-3/h6-15H,4-5H2,1-3H3,(H,24,25)(H,26,28). The van der Waals surface area contributed by atoms with Crippen LogP contribution in [0.25, 0.3) is 0 Å². The molecule has 0 spiro atoms. The fourth-order valence-electron chi connectivity index (χ4n) is 2.90. The van der Waals surface area contributed by atoms with E-state index in [0.29, 0.717) is 11.5 Å². The van der Waals surface area contributed by atoms with Crippen molar-refractivity contribution in [3.63, 3.8) is 0 Å². The molecule has 2 aromatic carbocycles. The lowest BCUT2D eigenvalue weighted by molar-refractivity contribution is 0.102. The fraction of sp³-hybridized carbons (Fsp3) is 0.227. The molecular weight excluding hydrogens is 366 g/mol. The zero-order chi connectivity index (χ0) is 20.6. The molecule has 0 unspecified atom stereocenters. The van der Waals surface area contributed by atoms with Crippen LogP contribution in [0, 0.1) is 0 Å². The average Bonchev–Trinajstić information content (AvgIpc) is 2.76. The number of hydrogen-bond acceptors (Lipinski definition) is 6. The Labute approximate surface area is 170 Å². The van der Waals surface area contributed by atoms with Crippen LogP contribution in [0.1, 0.15) is 24.3 Å². The van der Waals surface area contributed by atoms with Gasteiger partial charge in [-0.2, -0.15) is 0 Å². The van der Waals surface area contributed by atoms with E-state index < -0.39 is 0 Å². The summed E-state index contributed by atoms with van der Waals surface area (Å²) in [5, 5.41) is 5.98. The first-order valence-electron chi connectivity index (χ1n) is 9.52. The van der Waals surface area contributed by atoms with Crippen molar-refractivity contribution >= 4 is 28.8 Å². The van der Waals surface area contributed by atoms with E-state index >= 15 is 0 Å². The third kappa shape index (κ3) is 5.22. The van der Waals surface area contributed by atoms with Crippen LogP contribution in [0.5, 0.6) is 5.75 Å². The maximum Gasteiger partial charge on any atom is 0.275 e. The number of benzene rings is 2. The summed E-state index contributed by atoms with van der Waals surface area (Å²) in [6, 6.07) is 15.2. The van der Waals surface area contributed by atoms with Crippen molar-refractivity contribution in [2.45, 2.75) is 13.8 Å². The lowest BCUT2D eigenvalue weighted by Crippen LogP contribution is -2.21. The highest BCUT2D eigenvalue weighted by atomic mass is 16.5. The second-order valence-corrected chi connectivity index (χ2v) is 6.32. The normalized spacial score (nSPS) is 10.3. The molecule has 3 aromatic rings. The number of carbonyl (C=O) groups is 1. The van der Waals surface area contributed by atoms with Crippen LogP contribution in [-0.4, -0.2) is 36.1 Å². The van der Waals surface area contributed by atoms with Crippen molar-refractivity contribution in [3.05, 3.63) is 66.6 Å². The summed E-state index contributed by atoms with van der Waals surface area (Å²) >= 11 is 0. The molecule has 0 saturated heterocycles. The highest BCUT2D eigenvalue weighted by Gasteiger charge is 2.09. The molecule has 0 fully saturated rings. The largest absolute Gasteiger partial charge is 0.497 e. The summed E-state index contributed by atoms with van der Waals surface area (Å²) in [6.07, 6.45) is 2.97. The Morgan fingerprint density at radius 1 is 1.00 bits per heavy atom. The van der Waals surface area contributed by atoms with Gasteiger partial charge in [-0.15, -0.1) is 0 Å². The molecule has 0 radical (unpaired) electrons. The van der Waals surface area contributed by atoms with Crippen molar-refractivity contribution in [2.75, 3.05) is 35.7 Å². The Bertz CT molecular complexity index is 938. The Balaban J connectivity index is 1.62. The Kier molecular flexibility index (Phi) is 6.63. The molecule has 0 aliphatic heterocycles. The minimum Gasteiger partial charge on any atom is -0.497 e. The predicted molar refractivity (Wildman–Crippen MR) is 116 cm³/mol. The van der Waals surface area contributed by atoms with Gasteiger partial charge in [0.15, 0.2) is 0 Å². The van der Waals surface area contributed by atoms with E-state index in [0.717, 1.165) is 30.2 Å². The van der Waals surface area contributed by atoms with Crippen LogP contribution in [-0.2, 0) is 0 Å². The average molecular weight is 391 g/mol. The van der Waals surface area contributed by atoms with E-state index in [-0.39, 0.29) is 11.6 Å². The van der Waals surface area contributed by atoms with E-state index in [4.69, 9.17) is 4.74 Å². The lowest BCUT2D eigenvalue weighted by atomic mass is 10.2. The van der Waals surface area contributed by atoms with E-state index in [9.17, 15) is 4.79 Å². The SMILES string of the molecule is CCN(CC)c1ccc(NC(=O)c2cnc(Nc3cccc(OC)c3)cn2)cc1. The number of aromatic nitrogens is 2. The summed E-state index contributed by atoms with van der Waals surface area (Å²) in [5.41, 5.74) is 2.91. The van der Waals surface area contributed by atoms with E-state index in [1.807, 2.05) is 48.5 Å². The van der Waals surface area contributed by atoms with Crippen molar-refractivity contribution in [3.8, 4) is 5.75 Å². The van der Waals surface area contributed by atoms with E-state index in [2.05, 4.69) is 39.3 Å². The number of nitrogens with one attached hydrogen (secondary N) is 2. The smallest absolute Gasteiger partial charge is 0.275 e. The Morgan fingerprint density at radius 3 is 2.38 bits per heavy atom. The molecule has 0 aliphatic carbocycles. The van der Waals surface area contributed by atoms with Gasteiger partial charge in [-0.25, -0.2) is 9.97 Å². The third-order valence-corrected chi connectivity index (χ3v) is 4.48. The van der Waals surface area contributed by atoms with Crippen LogP contribution >= 0.6 is 0 Å². The van der Waals surface area contributed by atoms with Crippen molar-refractivity contribution in [1.82, 2.24) is 9.97 Å². The molecule has 1 heterocycles. The molecular formula is C22H25N5O2. The van der Waals surface area contributed by atoms with Crippen LogP contribution < -0.4 is 20.3 Å². The number of anilines is 4. The molecule has 0 bridgehead atoms. The second kappa shape index (κ2) is 9.54. The Hall–Kier alpha value is -3.61. The monoisotopic (exact) mass is 391 g/mol. The molecule has 7 heteroatoms. The minimum atomic E-state index is -0.305. The van der Waals surface area contributed by atoms with Gasteiger partial charge in [0.2, 0.25) is 0 Å². The first-order valence-corrected chi connectivity index (χ1v) is 9.52. The molecule has 29 heavy (non-hydrogen) atoms. The van der Waals surface area contributed by atoms with Crippen molar-refractivity contribution < 1.29 is 9.53 Å². The number of carbonyl (C=O) groups excluding carboxylic acids is 1. The number of nitrogens with zero attached hydrogens (tertiary/aromatic N) is 3. The molecule has 150 valence electrons. The summed E-state index contributed by atoms with van der Waals surface area (Å²) in [5.74, 6) is 0.977. The van der Waals surface area contributed by atoms with Crippen LogP contribution in [0.4, 0.5) is 22.9 Å². The summed E-state index contributed by atoms with van der Waals surface area (Å²) in [7, 11) is 1.61. The van der Waals surface area contributed by atoms with Gasteiger partial charge < -0.3 is 20.3 Å². The van der Waals surface area contributed by atoms with Gasteiger partial charge in [0.1, 0.15) is 17.3 Å². The number of methoxy groups -OCH3 is 1. The third-order valence-electron chi connectivity index (χ3n) is 4.48. The Morgan fingerprint density at radius 2 is 1.76 bits per heavy atom. The summed E-state index contributed by atoms with van der Waals surface area (Å²) in [6.45, 7) is 6.11. The maximum atomic E-state index is 12.4. The zero-order valence-corrected chi connectivity index (χ0v) is 16.8. The number of hydrogen-bond donors (Lipinski definition) is 2. The highest BCUT2D eigenvalue weighted by Crippen LogP contribution is 2.20. The quantitative estimate of drug-likeness (QED) is 0.595. The summed E-state index contributed by atoms with van der Waals surface area (Å²) in [4.78, 5) is 23.2. The van der Waals surface area contributed by atoms with Gasteiger partial charge in [0.05, 0.1) is 19.5 Å². The molecule has 2 N–H and O–H groups in total. The van der Waals surface area contributed by atoms with Gasteiger partial charge in [-0.3, -0.25) is 4.79 Å². The molecule has 0 aliphatic rings. The van der Waals surface area contributed by atoms with Gasteiger partial charge in [0, 0.05) is 36.2 Å². The van der Waals surface area contributed by atoms with Crippen molar-refractivity contribution in [2.24, 2.45) is 0 Å². The summed E-state index contributed by atoms with van der Waals surface area (Å²) < 4.78 is 5.20. The fourth-order valence-corrected chi connectivity index (χ4v) is 2.90. The highest BCUT2D eigenvalue weighted by molar-refractivity contribution is 6.02. The molecule has 1 aromatic heterocycles. The molecule has 0 atom stereocenters. The topological polar surface area (TPSA) is 79.4 Å². The van der Waals surface area contributed by atoms with Gasteiger partial charge in [0.25, 0.3) is 5.91 Å². The minimum absolute atomic E-state index is 0.244. The van der Waals surface area contributed by atoms with Crippen LogP contribution in [0.3, 0.4) is 0 Å². The number of rotatable bonds is 8. The van der Waals surface area contributed by atoms with Crippen LogP contribution in [0.2, 0.25) is 0 Å². The van der Waals surface area contributed by atoms with E-state index in [1.165, 1.54) is 12.4 Å². The second-order valence-electron chi connectivity index (χ2n) is 6.32. The van der Waals surface area contributed by atoms with Gasteiger partial charge in [-0.05, 0) is 50.2 Å². The maximum absolute atomic E-state index is 12.4. The first kappa shape index (κ1) is 20.1. The predicted octanol–water partition coefficient (Wildman–Crippen LogP) is 4.33. The first-order chi connectivity index (χ1) is 14.1. The number of amides is 1. The van der Waals surface area contributed by atoms with Crippen LogP contribution in [0.15, 0.2) is 60.9 Å². The zero-order valence-electron chi connectivity index (χ0n) is 16.8. The lowest BCUT2D eigenvalue weighted by Gasteiger charge is -2.21. The molecule has 3 rings (SSSR count). The molecule has 0 saturated carbocycles. The van der Waals surface area contributed by atoms with Gasteiger partial charge >= 0.3 is 0 Å². The molecule has 7 nitrogen and oxygen atoms in total.